The minimum Gasteiger partial charge on any atom is -0.444 e. The number of aliphatic hydroxyl groups is 1. The van der Waals surface area contributed by atoms with Gasteiger partial charge in [0.15, 0.2) is 0 Å². The van der Waals surface area contributed by atoms with Crippen molar-refractivity contribution in [3.63, 3.8) is 0 Å². The Kier molecular flexibility index (Phi) is 4.47. The van der Waals surface area contributed by atoms with Gasteiger partial charge in [-0.2, -0.15) is 8.78 Å². The number of hydrogen-bond acceptors (Lipinski definition) is 3. The van der Waals surface area contributed by atoms with E-state index >= 15 is 0 Å². The van der Waals surface area contributed by atoms with Gasteiger partial charge in [-0.1, -0.05) is 12.1 Å². The molecule has 0 fully saturated rings. The highest BCUT2D eigenvalue weighted by molar-refractivity contribution is 5.84. The van der Waals surface area contributed by atoms with E-state index in [1.165, 1.54) is 18.2 Å². The van der Waals surface area contributed by atoms with E-state index in [-0.39, 0.29) is 11.3 Å². The van der Waals surface area contributed by atoms with Gasteiger partial charge in [0, 0.05) is 11.3 Å². The molecule has 1 amide bonds. The number of carbonyl (C=O) groups is 1. The van der Waals surface area contributed by atoms with Gasteiger partial charge in [-0.3, -0.25) is 5.32 Å². The van der Waals surface area contributed by atoms with Crippen molar-refractivity contribution in [1.29, 1.82) is 0 Å². The Bertz CT molecular complexity index is 455. The molecular formula is C13H17F2NO3. The van der Waals surface area contributed by atoms with Crippen LogP contribution < -0.4 is 5.32 Å². The van der Waals surface area contributed by atoms with E-state index in [4.69, 9.17) is 9.84 Å². The van der Waals surface area contributed by atoms with Crippen LogP contribution >= 0.6 is 0 Å². The van der Waals surface area contributed by atoms with E-state index < -0.39 is 24.2 Å². The number of hydrogen-bond donors (Lipinski definition) is 2. The summed E-state index contributed by atoms with van der Waals surface area (Å²) in [5.74, 6) is -3.34. The number of anilines is 1. The molecule has 0 aliphatic heterocycles. The maximum Gasteiger partial charge on any atom is 0.412 e. The first kappa shape index (κ1) is 15.4. The van der Waals surface area contributed by atoms with Crippen molar-refractivity contribution in [3.8, 4) is 0 Å². The quantitative estimate of drug-likeness (QED) is 0.889. The van der Waals surface area contributed by atoms with E-state index in [2.05, 4.69) is 5.32 Å². The topological polar surface area (TPSA) is 58.6 Å². The van der Waals surface area contributed by atoms with Crippen molar-refractivity contribution < 1.29 is 23.4 Å². The summed E-state index contributed by atoms with van der Waals surface area (Å²) in [7, 11) is 0. The van der Waals surface area contributed by atoms with Gasteiger partial charge >= 0.3 is 6.09 Å². The molecule has 0 saturated carbocycles. The Labute approximate surface area is 110 Å². The number of aliphatic hydroxyl groups excluding tert-OH is 1. The molecule has 2 N–H and O–H groups in total. The number of alkyl halides is 2. The fourth-order valence-electron chi connectivity index (χ4n) is 1.34. The number of carbonyl (C=O) groups excluding carboxylic acids is 1. The lowest BCUT2D eigenvalue weighted by atomic mass is 10.1. The second kappa shape index (κ2) is 5.52. The molecule has 6 heteroatoms. The lowest BCUT2D eigenvalue weighted by molar-refractivity contribution is -0.0555. The van der Waals surface area contributed by atoms with E-state index in [1.54, 1.807) is 20.8 Å². The van der Waals surface area contributed by atoms with Crippen molar-refractivity contribution in [2.75, 3.05) is 11.9 Å². The van der Waals surface area contributed by atoms with Crippen LogP contribution in [-0.2, 0) is 10.7 Å². The third-order valence-corrected chi connectivity index (χ3v) is 2.13. The first-order chi connectivity index (χ1) is 8.64. The molecule has 0 saturated heterocycles. The Morgan fingerprint density at radius 1 is 1.37 bits per heavy atom. The first-order valence-electron chi connectivity index (χ1n) is 5.73. The van der Waals surface area contributed by atoms with E-state index in [1.807, 2.05) is 0 Å². The van der Waals surface area contributed by atoms with Gasteiger partial charge in [0.25, 0.3) is 5.92 Å². The average molecular weight is 273 g/mol. The molecule has 0 atom stereocenters. The summed E-state index contributed by atoms with van der Waals surface area (Å²) in [6.07, 6.45) is -0.725. The summed E-state index contributed by atoms with van der Waals surface area (Å²) in [5.41, 5.74) is -0.861. The highest BCUT2D eigenvalue weighted by Gasteiger charge is 2.30. The van der Waals surface area contributed by atoms with Crippen LogP contribution in [0, 0.1) is 0 Å². The largest absolute Gasteiger partial charge is 0.444 e. The molecule has 4 nitrogen and oxygen atoms in total. The predicted octanol–water partition coefficient (Wildman–Crippen LogP) is 3.12. The molecule has 1 aromatic carbocycles. The third kappa shape index (κ3) is 4.82. The van der Waals surface area contributed by atoms with Gasteiger partial charge in [0.2, 0.25) is 0 Å². The second-order valence-electron chi connectivity index (χ2n) is 5.07. The Balaban J connectivity index is 2.81. The molecule has 0 aliphatic rings. The van der Waals surface area contributed by atoms with Crippen LogP contribution in [0.4, 0.5) is 19.3 Å². The van der Waals surface area contributed by atoms with Crippen molar-refractivity contribution in [1.82, 2.24) is 0 Å². The summed E-state index contributed by atoms with van der Waals surface area (Å²) < 4.78 is 31.6. The molecular weight excluding hydrogens is 256 g/mol. The zero-order valence-electron chi connectivity index (χ0n) is 11.0. The van der Waals surface area contributed by atoms with Gasteiger partial charge in [-0.15, -0.1) is 0 Å². The molecule has 0 aromatic heterocycles. The van der Waals surface area contributed by atoms with Crippen LogP contribution in [0.15, 0.2) is 24.3 Å². The Morgan fingerprint density at radius 3 is 2.53 bits per heavy atom. The minimum absolute atomic E-state index is 0.180. The molecule has 19 heavy (non-hydrogen) atoms. The molecule has 0 spiro atoms. The van der Waals surface area contributed by atoms with Gasteiger partial charge in [0.1, 0.15) is 12.2 Å². The monoisotopic (exact) mass is 273 g/mol. The molecule has 0 radical (unpaired) electrons. The number of halogens is 2. The molecule has 0 bridgehead atoms. The van der Waals surface area contributed by atoms with Crippen molar-refractivity contribution >= 4 is 11.8 Å². The van der Waals surface area contributed by atoms with Crippen LogP contribution in [0.3, 0.4) is 0 Å². The fourth-order valence-corrected chi connectivity index (χ4v) is 1.34. The molecule has 1 aromatic rings. The number of rotatable bonds is 3. The molecule has 0 unspecified atom stereocenters. The van der Waals surface area contributed by atoms with Crippen LogP contribution in [0.5, 0.6) is 0 Å². The summed E-state index contributed by atoms with van der Waals surface area (Å²) in [4.78, 5) is 11.5. The molecule has 106 valence electrons. The Morgan fingerprint density at radius 2 is 2.00 bits per heavy atom. The van der Waals surface area contributed by atoms with Gasteiger partial charge in [-0.05, 0) is 32.9 Å². The van der Waals surface area contributed by atoms with E-state index in [9.17, 15) is 13.6 Å². The minimum atomic E-state index is -3.34. The van der Waals surface area contributed by atoms with Gasteiger partial charge < -0.3 is 9.84 Å². The maximum absolute atomic E-state index is 13.3. The third-order valence-electron chi connectivity index (χ3n) is 2.13. The number of nitrogens with one attached hydrogen (secondary N) is 1. The summed E-state index contributed by atoms with van der Waals surface area (Å²) in [6, 6.07) is 5.10. The van der Waals surface area contributed by atoms with Crippen molar-refractivity contribution in [3.05, 3.63) is 29.8 Å². The van der Waals surface area contributed by atoms with Crippen LogP contribution in [0.2, 0.25) is 0 Å². The number of amides is 1. The van der Waals surface area contributed by atoms with E-state index in [0.717, 1.165) is 6.07 Å². The smallest absolute Gasteiger partial charge is 0.412 e. The van der Waals surface area contributed by atoms with Crippen LogP contribution in [-0.4, -0.2) is 23.4 Å². The van der Waals surface area contributed by atoms with E-state index in [0.29, 0.717) is 0 Å². The normalized spacial score (nSPS) is 12.1. The van der Waals surface area contributed by atoms with Gasteiger partial charge in [0.05, 0.1) is 0 Å². The maximum atomic E-state index is 13.3. The number of benzene rings is 1. The number of ether oxygens (including phenoxy) is 1. The van der Waals surface area contributed by atoms with Crippen molar-refractivity contribution in [2.24, 2.45) is 0 Å². The lowest BCUT2D eigenvalue weighted by Gasteiger charge is -2.20. The second-order valence-corrected chi connectivity index (χ2v) is 5.07. The average Bonchev–Trinajstić information content (AvgIpc) is 2.26. The summed E-state index contributed by atoms with van der Waals surface area (Å²) in [5, 5.41) is 11.0. The molecule has 0 aliphatic carbocycles. The highest BCUT2D eigenvalue weighted by atomic mass is 19.3. The standard InChI is InChI=1S/C13H17F2NO3/c1-12(2,3)19-11(18)16-10-6-4-5-9(7-10)13(14,15)8-17/h4-7,17H,8H2,1-3H3,(H,16,18). The SMILES string of the molecule is CC(C)(C)OC(=O)Nc1cccc(C(F)(F)CO)c1. The zero-order chi connectivity index (χ0) is 14.7. The first-order valence-corrected chi connectivity index (χ1v) is 5.73. The van der Waals surface area contributed by atoms with Gasteiger partial charge in [-0.25, -0.2) is 4.79 Å². The lowest BCUT2D eigenvalue weighted by Crippen LogP contribution is -2.27. The van der Waals surface area contributed by atoms with Crippen LogP contribution in [0.25, 0.3) is 0 Å². The highest BCUT2D eigenvalue weighted by Crippen LogP contribution is 2.29. The fraction of sp³-hybridized carbons (Fsp3) is 0.462. The van der Waals surface area contributed by atoms with Crippen LogP contribution in [0.1, 0.15) is 26.3 Å². The summed E-state index contributed by atoms with van der Waals surface area (Å²) in [6.45, 7) is 3.80. The Hall–Kier alpha value is -1.69. The zero-order valence-corrected chi connectivity index (χ0v) is 11.0. The predicted molar refractivity (Wildman–Crippen MR) is 67.3 cm³/mol. The summed E-state index contributed by atoms with van der Waals surface area (Å²) >= 11 is 0. The van der Waals surface area contributed by atoms with Crippen molar-refractivity contribution in [2.45, 2.75) is 32.3 Å². The molecule has 0 heterocycles. The molecule has 1 rings (SSSR count).